The number of hydrogen-bond acceptors (Lipinski definition) is 5. The molecule has 0 saturated carbocycles. The van der Waals surface area contributed by atoms with Crippen LogP contribution in [-0.2, 0) is 9.53 Å². The Bertz CT molecular complexity index is 525. The Morgan fingerprint density at radius 3 is 2.81 bits per heavy atom. The van der Waals surface area contributed by atoms with Gasteiger partial charge in [-0.05, 0) is 34.8 Å². The number of rotatable bonds is 5. The molecule has 0 aromatic carbocycles. The Kier molecular flexibility index (Phi) is 5.76. The first-order valence-corrected chi connectivity index (χ1v) is 7.65. The molecule has 0 amide bonds. The molecule has 1 aliphatic rings. The Labute approximate surface area is 133 Å². The molecule has 0 aliphatic carbocycles. The quantitative estimate of drug-likeness (QED) is 0.462. The summed E-state index contributed by atoms with van der Waals surface area (Å²) in [6.07, 6.45) is 4.83. The maximum absolute atomic E-state index is 12.6. The number of pyridine rings is 1. The molecule has 1 aliphatic heterocycles. The maximum atomic E-state index is 12.6. The van der Waals surface area contributed by atoms with Gasteiger partial charge in [-0.2, -0.15) is 0 Å². The summed E-state index contributed by atoms with van der Waals surface area (Å²) in [6, 6.07) is 3.46. The smallest absolute Gasteiger partial charge is 0.202 e. The number of Topliss-reactive ketones (excluding diaryl/α,β-unsaturated/α-hetero) is 1. The standard InChI is InChI=1S/C15H19BrN2O3/c1-18(2)10-13(15(19)11-4-7-20-8-5-11)21-12-3-6-17-14(16)9-12/h3,6,9-11H,4-5,7-8H2,1-2H3/b13-10-. The molecule has 2 rings (SSSR count). The van der Waals surface area contributed by atoms with E-state index < -0.39 is 0 Å². The van der Waals surface area contributed by atoms with Gasteiger partial charge in [0.15, 0.2) is 5.76 Å². The van der Waals surface area contributed by atoms with Crippen molar-refractivity contribution in [2.24, 2.45) is 5.92 Å². The van der Waals surface area contributed by atoms with Crippen LogP contribution in [0.2, 0.25) is 0 Å². The summed E-state index contributed by atoms with van der Waals surface area (Å²) in [5.74, 6) is 0.936. The van der Waals surface area contributed by atoms with Crippen molar-refractivity contribution in [1.82, 2.24) is 9.88 Å². The van der Waals surface area contributed by atoms with Crippen molar-refractivity contribution in [2.45, 2.75) is 12.8 Å². The minimum Gasteiger partial charge on any atom is -0.452 e. The molecule has 1 aromatic rings. The van der Waals surface area contributed by atoms with Crippen LogP contribution >= 0.6 is 15.9 Å². The lowest BCUT2D eigenvalue weighted by Crippen LogP contribution is -2.27. The summed E-state index contributed by atoms with van der Waals surface area (Å²) >= 11 is 3.29. The van der Waals surface area contributed by atoms with E-state index in [-0.39, 0.29) is 11.7 Å². The first-order chi connectivity index (χ1) is 10.1. The lowest BCUT2D eigenvalue weighted by atomic mass is 9.94. The summed E-state index contributed by atoms with van der Waals surface area (Å²) in [5.41, 5.74) is 0. The Morgan fingerprint density at radius 2 is 2.19 bits per heavy atom. The van der Waals surface area contributed by atoms with Gasteiger partial charge in [-0.25, -0.2) is 4.98 Å². The van der Waals surface area contributed by atoms with Crippen molar-refractivity contribution >= 4 is 21.7 Å². The average Bonchev–Trinajstić information content (AvgIpc) is 2.46. The molecule has 1 aromatic heterocycles. The van der Waals surface area contributed by atoms with Crippen LogP contribution in [0.4, 0.5) is 0 Å². The van der Waals surface area contributed by atoms with Crippen LogP contribution in [0.3, 0.4) is 0 Å². The molecule has 6 heteroatoms. The van der Waals surface area contributed by atoms with Crippen LogP contribution < -0.4 is 4.74 Å². The summed E-state index contributed by atoms with van der Waals surface area (Å²) in [4.78, 5) is 18.5. The van der Waals surface area contributed by atoms with E-state index in [4.69, 9.17) is 9.47 Å². The number of nitrogens with zero attached hydrogens (tertiary/aromatic N) is 2. The summed E-state index contributed by atoms with van der Waals surface area (Å²) < 4.78 is 11.8. The number of allylic oxidation sites excluding steroid dienone is 1. The number of ether oxygens (including phenoxy) is 2. The van der Waals surface area contributed by atoms with Gasteiger partial charge < -0.3 is 14.4 Å². The lowest BCUT2D eigenvalue weighted by Gasteiger charge is -2.22. The molecule has 0 unspecified atom stereocenters. The van der Waals surface area contributed by atoms with Gasteiger partial charge in [0, 0.05) is 51.7 Å². The largest absolute Gasteiger partial charge is 0.452 e. The molecule has 0 radical (unpaired) electrons. The second-order valence-electron chi connectivity index (χ2n) is 5.12. The predicted molar refractivity (Wildman–Crippen MR) is 82.9 cm³/mol. The van der Waals surface area contributed by atoms with E-state index in [0.29, 0.717) is 29.3 Å². The van der Waals surface area contributed by atoms with Gasteiger partial charge in [0.05, 0.1) is 0 Å². The van der Waals surface area contributed by atoms with E-state index in [2.05, 4.69) is 20.9 Å². The fraction of sp³-hybridized carbons (Fsp3) is 0.467. The van der Waals surface area contributed by atoms with E-state index in [1.54, 1.807) is 24.5 Å². The van der Waals surface area contributed by atoms with Gasteiger partial charge in [-0.1, -0.05) is 0 Å². The SMILES string of the molecule is CN(C)/C=C(\Oc1ccnc(Br)c1)C(=O)C1CCOCC1. The van der Waals surface area contributed by atoms with Crippen molar-refractivity contribution in [1.29, 1.82) is 0 Å². The molecule has 0 N–H and O–H groups in total. The first-order valence-electron chi connectivity index (χ1n) is 6.86. The maximum Gasteiger partial charge on any atom is 0.202 e. The zero-order chi connectivity index (χ0) is 15.2. The second-order valence-corrected chi connectivity index (χ2v) is 5.94. The summed E-state index contributed by atoms with van der Waals surface area (Å²) in [5, 5.41) is 0. The van der Waals surface area contributed by atoms with Gasteiger partial charge in [0.1, 0.15) is 10.4 Å². The van der Waals surface area contributed by atoms with Gasteiger partial charge in [-0.15, -0.1) is 0 Å². The van der Waals surface area contributed by atoms with Gasteiger partial charge >= 0.3 is 0 Å². The van der Waals surface area contributed by atoms with E-state index in [1.165, 1.54) is 0 Å². The summed E-state index contributed by atoms with van der Waals surface area (Å²) in [6.45, 7) is 1.26. The lowest BCUT2D eigenvalue weighted by molar-refractivity contribution is -0.124. The van der Waals surface area contributed by atoms with Crippen LogP contribution in [0.1, 0.15) is 12.8 Å². The fourth-order valence-electron chi connectivity index (χ4n) is 2.11. The molecule has 2 heterocycles. The highest BCUT2D eigenvalue weighted by molar-refractivity contribution is 9.10. The molecule has 1 fully saturated rings. The van der Waals surface area contributed by atoms with Crippen LogP contribution in [0, 0.1) is 5.92 Å². The van der Waals surface area contributed by atoms with Crippen molar-refractivity contribution < 1.29 is 14.3 Å². The normalized spacial score (nSPS) is 16.6. The molecule has 114 valence electrons. The van der Waals surface area contributed by atoms with Crippen molar-refractivity contribution in [3.8, 4) is 5.75 Å². The number of halogens is 1. The highest BCUT2D eigenvalue weighted by atomic mass is 79.9. The third kappa shape index (κ3) is 4.82. The highest BCUT2D eigenvalue weighted by Gasteiger charge is 2.26. The average molecular weight is 355 g/mol. The van der Waals surface area contributed by atoms with Crippen LogP contribution in [0.15, 0.2) is 34.9 Å². The minimum atomic E-state index is -0.0322. The summed E-state index contributed by atoms with van der Waals surface area (Å²) in [7, 11) is 3.73. The monoisotopic (exact) mass is 354 g/mol. The van der Waals surface area contributed by atoms with Crippen molar-refractivity contribution in [3.05, 3.63) is 34.9 Å². The number of carbonyl (C=O) groups is 1. The number of ketones is 1. The molecule has 5 nitrogen and oxygen atoms in total. The first kappa shape index (κ1) is 16.0. The fourth-order valence-corrected chi connectivity index (χ4v) is 2.45. The predicted octanol–water partition coefficient (Wildman–Crippen LogP) is 2.62. The van der Waals surface area contributed by atoms with Gasteiger partial charge in [0.25, 0.3) is 0 Å². The molecular formula is C15H19BrN2O3. The zero-order valence-electron chi connectivity index (χ0n) is 12.2. The topological polar surface area (TPSA) is 51.7 Å². The van der Waals surface area contributed by atoms with Gasteiger partial charge in [0.2, 0.25) is 5.78 Å². The van der Waals surface area contributed by atoms with E-state index in [0.717, 1.165) is 12.8 Å². The van der Waals surface area contributed by atoms with Crippen LogP contribution in [-0.4, -0.2) is 43.0 Å². The Morgan fingerprint density at radius 1 is 1.48 bits per heavy atom. The number of hydrogen-bond donors (Lipinski definition) is 0. The zero-order valence-corrected chi connectivity index (χ0v) is 13.8. The molecule has 0 bridgehead atoms. The Balaban J connectivity index is 2.16. The molecule has 0 spiro atoms. The van der Waals surface area contributed by atoms with Crippen molar-refractivity contribution in [3.63, 3.8) is 0 Å². The molecular weight excluding hydrogens is 336 g/mol. The van der Waals surface area contributed by atoms with Crippen molar-refractivity contribution in [2.75, 3.05) is 27.3 Å². The Hall–Kier alpha value is -1.40. The third-order valence-corrected chi connectivity index (χ3v) is 3.57. The van der Waals surface area contributed by atoms with E-state index in [9.17, 15) is 4.79 Å². The second kappa shape index (κ2) is 7.56. The van der Waals surface area contributed by atoms with E-state index >= 15 is 0 Å². The van der Waals surface area contributed by atoms with Crippen LogP contribution in [0.5, 0.6) is 5.75 Å². The molecule has 1 saturated heterocycles. The number of aromatic nitrogens is 1. The molecule has 21 heavy (non-hydrogen) atoms. The minimum absolute atomic E-state index is 0.0277. The molecule has 0 atom stereocenters. The van der Waals surface area contributed by atoms with Gasteiger partial charge in [-0.3, -0.25) is 4.79 Å². The highest BCUT2D eigenvalue weighted by Crippen LogP contribution is 2.23. The third-order valence-electron chi connectivity index (χ3n) is 3.14. The number of carbonyl (C=O) groups excluding carboxylic acids is 1. The van der Waals surface area contributed by atoms with Crippen LogP contribution in [0.25, 0.3) is 0 Å². The van der Waals surface area contributed by atoms with E-state index in [1.807, 2.05) is 19.0 Å².